The van der Waals surface area contributed by atoms with Crippen molar-refractivity contribution in [2.24, 2.45) is 0 Å². The van der Waals surface area contributed by atoms with E-state index in [2.05, 4.69) is 17.2 Å². The van der Waals surface area contributed by atoms with E-state index in [1.54, 1.807) is 18.4 Å². The lowest BCUT2D eigenvalue weighted by Gasteiger charge is -2.25. The fourth-order valence-electron chi connectivity index (χ4n) is 3.50. The van der Waals surface area contributed by atoms with Gasteiger partial charge in [0.05, 0.1) is 12.8 Å². The minimum absolute atomic E-state index is 0.285. The first-order valence-corrected chi connectivity index (χ1v) is 10.4. The van der Waals surface area contributed by atoms with Crippen LogP contribution in [0.1, 0.15) is 17.0 Å². The number of hydrogen-bond acceptors (Lipinski definition) is 2. The Labute approximate surface area is 184 Å². The number of nitrogens with one attached hydrogen (secondary N) is 2. The van der Waals surface area contributed by atoms with Gasteiger partial charge in [-0.3, -0.25) is 0 Å². The fourth-order valence-corrected chi connectivity index (χ4v) is 3.95. The second-order valence-electron chi connectivity index (χ2n) is 7.11. The molecule has 0 amide bonds. The van der Waals surface area contributed by atoms with E-state index >= 15 is 0 Å². The molecule has 0 unspecified atom stereocenters. The van der Waals surface area contributed by atoms with E-state index in [1.807, 2.05) is 35.2 Å². The van der Waals surface area contributed by atoms with Crippen LogP contribution < -0.4 is 5.32 Å². The number of H-pyrrole nitrogens is 1. The summed E-state index contributed by atoms with van der Waals surface area (Å²) in [6.45, 7) is 3.27. The number of benzene rings is 2. The molecule has 7 heteroatoms. The third-order valence-corrected chi connectivity index (χ3v) is 5.62. The predicted octanol–water partition coefficient (Wildman–Crippen LogP) is 6.30. The molecule has 0 saturated carbocycles. The van der Waals surface area contributed by atoms with Crippen LogP contribution in [-0.4, -0.2) is 21.5 Å². The summed E-state index contributed by atoms with van der Waals surface area (Å²) in [5.74, 6) is 0.532. The SMILES string of the molecule is Cc1[nH]c2ccc(Cl)cc2c1CCN(Cc1ccco1)C(=S)Nc1ccc(F)cc1. The number of anilines is 1. The molecule has 0 atom stereocenters. The minimum Gasteiger partial charge on any atom is -0.467 e. The van der Waals surface area contributed by atoms with Gasteiger partial charge < -0.3 is 19.6 Å². The van der Waals surface area contributed by atoms with Gasteiger partial charge in [-0.05, 0) is 85.7 Å². The average molecular weight is 442 g/mol. The summed E-state index contributed by atoms with van der Waals surface area (Å²) in [5.41, 5.74) is 4.13. The third-order valence-electron chi connectivity index (χ3n) is 5.02. The first-order valence-electron chi connectivity index (χ1n) is 9.60. The number of thiocarbonyl (C=S) groups is 1. The van der Waals surface area contributed by atoms with Crippen LogP contribution in [0.4, 0.5) is 10.1 Å². The molecular formula is C23H21ClFN3OS. The van der Waals surface area contributed by atoms with Crippen molar-refractivity contribution in [1.82, 2.24) is 9.88 Å². The Morgan fingerprint density at radius 3 is 2.73 bits per heavy atom. The topological polar surface area (TPSA) is 44.2 Å². The number of aryl methyl sites for hydroxylation is 1. The standard InChI is InChI=1S/C23H21ClFN3OS/c1-15-20(21-13-16(24)4-9-22(21)26-15)10-11-28(14-19-3-2-12-29-19)23(30)27-18-7-5-17(25)6-8-18/h2-9,12-13,26H,10-11,14H2,1H3,(H,27,30). The number of aromatic amines is 1. The number of halogens is 2. The largest absolute Gasteiger partial charge is 0.467 e. The highest BCUT2D eigenvalue weighted by Crippen LogP contribution is 2.26. The summed E-state index contributed by atoms with van der Waals surface area (Å²) in [6, 6.07) is 15.8. The van der Waals surface area contributed by atoms with E-state index in [0.29, 0.717) is 23.2 Å². The quantitative estimate of drug-likeness (QED) is 0.344. The summed E-state index contributed by atoms with van der Waals surface area (Å²) < 4.78 is 18.7. The van der Waals surface area contributed by atoms with Crippen molar-refractivity contribution >= 4 is 45.5 Å². The predicted molar refractivity (Wildman–Crippen MR) is 123 cm³/mol. The van der Waals surface area contributed by atoms with Gasteiger partial charge in [0.2, 0.25) is 0 Å². The van der Waals surface area contributed by atoms with E-state index in [4.69, 9.17) is 28.2 Å². The zero-order valence-corrected chi connectivity index (χ0v) is 18.0. The highest BCUT2D eigenvalue weighted by molar-refractivity contribution is 7.80. The lowest BCUT2D eigenvalue weighted by molar-refractivity contribution is 0.368. The van der Waals surface area contributed by atoms with E-state index < -0.39 is 0 Å². The van der Waals surface area contributed by atoms with Gasteiger partial charge in [-0.25, -0.2) is 4.39 Å². The summed E-state index contributed by atoms with van der Waals surface area (Å²) in [4.78, 5) is 5.46. The summed E-state index contributed by atoms with van der Waals surface area (Å²) in [6.07, 6.45) is 2.42. The maximum Gasteiger partial charge on any atom is 0.173 e. The average Bonchev–Trinajstić information content (AvgIpc) is 3.34. The van der Waals surface area contributed by atoms with Crippen LogP contribution in [0.2, 0.25) is 5.02 Å². The van der Waals surface area contributed by atoms with Gasteiger partial charge in [-0.15, -0.1) is 0 Å². The van der Waals surface area contributed by atoms with Gasteiger partial charge in [-0.1, -0.05) is 11.6 Å². The normalized spacial score (nSPS) is 11.0. The fraction of sp³-hybridized carbons (Fsp3) is 0.174. The molecular weight excluding hydrogens is 421 g/mol. The van der Waals surface area contributed by atoms with Gasteiger partial charge >= 0.3 is 0 Å². The van der Waals surface area contributed by atoms with Crippen LogP contribution in [0, 0.1) is 12.7 Å². The lowest BCUT2D eigenvalue weighted by Crippen LogP contribution is -2.35. The summed E-state index contributed by atoms with van der Waals surface area (Å²) in [7, 11) is 0. The van der Waals surface area contributed by atoms with Crippen LogP contribution in [0.5, 0.6) is 0 Å². The molecule has 30 heavy (non-hydrogen) atoms. The smallest absolute Gasteiger partial charge is 0.173 e. The van der Waals surface area contributed by atoms with E-state index in [0.717, 1.165) is 34.5 Å². The monoisotopic (exact) mass is 441 g/mol. The summed E-state index contributed by atoms with van der Waals surface area (Å²) in [5, 5.41) is 5.57. The van der Waals surface area contributed by atoms with Crippen molar-refractivity contribution in [1.29, 1.82) is 0 Å². The Morgan fingerprint density at radius 2 is 2.00 bits per heavy atom. The van der Waals surface area contributed by atoms with Crippen molar-refractivity contribution in [2.45, 2.75) is 19.9 Å². The zero-order chi connectivity index (χ0) is 21.1. The molecule has 4 nitrogen and oxygen atoms in total. The number of nitrogens with zero attached hydrogens (tertiary/aromatic N) is 1. The van der Waals surface area contributed by atoms with Crippen molar-refractivity contribution in [3.05, 3.63) is 88.7 Å². The third kappa shape index (κ3) is 4.66. The Kier molecular flexibility index (Phi) is 6.06. The van der Waals surface area contributed by atoms with Crippen LogP contribution in [0.3, 0.4) is 0 Å². The van der Waals surface area contributed by atoms with Crippen molar-refractivity contribution < 1.29 is 8.81 Å². The highest BCUT2D eigenvalue weighted by atomic mass is 35.5. The maximum atomic E-state index is 13.2. The van der Waals surface area contributed by atoms with Gasteiger partial charge in [0, 0.05) is 33.9 Å². The van der Waals surface area contributed by atoms with Crippen LogP contribution in [0.25, 0.3) is 10.9 Å². The molecule has 0 saturated heterocycles. The van der Waals surface area contributed by atoms with E-state index in [9.17, 15) is 4.39 Å². The number of rotatable bonds is 6. The number of hydrogen-bond donors (Lipinski definition) is 2. The first-order chi connectivity index (χ1) is 14.5. The van der Waals surface area contributed by atoms with Crippen molar-refractivity contribution in [3.8, 4) is 0 Å². The van der Waals surface area contributed by atoms with Gasteiger partial charge in [0.25, 0.3) is 0 Å². The Bertz CT molecular complexity index is 1160. The molecule has 0 aliphatic carbocycles. The van der Waals surface area contributed by atoms with Gasteiger partial charge in [0.1, 0.15) is 11.6 Å². The second-order valence-corrected chi connectivity index (χ2v) is 7.93. The molecule has 0 aliphatic heterocycles. The van der Waals surface area contributed by atoms with Crippen LogP contribution in [-0.2, 0) is 13.0 Å². The summed E-state index contributed by atoms with van der Waals surface area (Å²) >= 11 is 11.9. The highest BCUT2D eigenvalue weighted by Gasteiger charge is 2.15. The second kappa shape index (κ2) is 8.90. The number of furan rings is 1. The Balaban J connectivity index is 1.54. The van der Waals surface area contributed by atoms with Crippen LogP contribution in [0.15, 0.2) is 65.3 Å². The van der Waals surface area contributed by atoms with E-state index in [-0.39, 0.29) is 5.82 Å². The molecule has 4 rings (SSSR count). The molecule has 0 fully saturated rings. The zero-order valence-electron chi connectivity index (χ0n) is 16.4. The molecule has 4 aromatic rings. The van der Waals surface area contributed by atoms with Gasteiger partial charge in [-0.2, -0.15) is 0 Å². The molecule has 2 N–H and O–H groups in total. The molecule has 154 valence electrons. The van der Waals surface area contributed by atoms with Crippen LogP contribution >= 0.6 is 23.8 Å². The molecule has 0 radical (unpaired) electrons. The lowest BCUT2D eigenvalue weighted by atomic mass is 10.1. The molecule has 0 spiro atoms. The first kappa shape index (κ1) is 20.4. The van der Waals surface area contributed by atoms with Crippen molar-refractivity contribution in [2.75, 3.05) is 11.9 Å². The molecule has 2 aromatic carbocycles. The number of aromatic nitrogens is 1. The molecule has 0 aliphatic rings. The Hall–Kier alpha value is -2.83. The number of fused-ring (bicyclic) bond motifs is 1. The minimum atomic E-state index is -0.285. The van der Waals surface area contributed by atoms with Gasteiger partial charge in [0.15, 0.2) is 5.11 Å². The maximum absolute atomic E-state index is 13.2. The van der Waals surface area contributed by atoms with Crippen molar-refractivity contribution in [3.63, 3.8) is 0 Å². The molecule has 2 heterocycles. The van der Waals surface area contributed by atoms with E-state index in [1.165, 1.54) is 17.7 Å². The molecule has 0 bridgehead atoms. The molecule has 2 aromatic heterocycles. The Morgan fingerprint density at radius 1 is 1.20 bits per heavy atom.